The molecule has 0 amide bonds. The summed E-state index contributed by atoms with van der Waals surface area (Å²) in [5, 5.41) is 0. The van der Waals surface area contributed by atoms with Crippen molar-refractivity contribution in [3.63, 3.8) is 0 Å². The van der Waals surface area contributed by atoms with E-state index in [0.717, 1.165) is 32.6 Å². The second-order valence-electron chi connectivity index (χ2n) is 5.76. The molecule has 0 aliphatic carbocycles. The van der Waals surface area contributed by atoms with E-state index in [1.807, 2.05) is 4.90 Å². The van der Waals surface area contributed by atoms with Gasteiger partial charge in [-0.15, -0.1) is 0 Å². The van der Waals surface area contributed by atoms with Gasteiger partial charge in [0.15, 0.2) is 11.6 Å². The molecule has 2 heterocycles. The van der Waals surface area contributed by atoms with Crippen molar-refractivity contribution in [2.75, 3.05) is 31.1 Å². The monoisotopic (exact) mass is 311 g/mol. The second kappa shape index (κ2) is 5.85. The van der Waals surface area contributed by atoms with E-state index in [1.165, 1.54) is 18.9 Å². The second-order valence-corrected chi connectivity index (χ2v) is 6.20. The van der Waals surface area contributed by atoms with Gasteiger partial charge in [-0.1, -0.05) is 18.6 Å². The lowest BCUT2D eigenvalue weighted by Crippen LogP contribution is -2.55. The van der Waals surface area contributed by atoms with Crippen LogP contribution in [-0.2, 0) is 0 Å². The molecule has 0 bridgehead atoms. The lowest BCUT2D eigenvalue weighted by atomic mass is 9.99. The molecule has 1 unspecified atom stereocenters. The number of benzene rings is 1. The summed E-state index contributed by atoms with van der Waals surface area (Å²) < 4.78 is 28.3. The molecular formula is C15H19F2N3S. The van der Waals surface area contributed by atoms with Crippen LogP contribution in [0, 0.1) is 11.6 Å². The summed E-state index contributed by atoms with van der Waals surface area (Å²) in [7, 11) is 0. The first-order valence-electron chi connectivity index (χ1n) is 7.34. The van der Waals surface area contributed by atoms with Crippen LogP contribution in [0.5, 0.6) is 0 Å². The van der Waals surface area contributed by atoms with Gasteiger partial charge in [0.05, 0.1) is 5.69 Å². The average Bonchev–Trinajstić information content (AvgIpc) is 2.49. The molecule has 6 heteroatoms. The third-order valence-electron chi connectivity index (χ3n) is 4.51. The molecule has 0 spiro atoms. The van der Waals surface area contributed by atoms with Gasteiger partial charge in [-0.05, 0) is 31.5 Å². The van der Waals surface area contributed by atoms with Crippen molar-refractivity contribution >= 4 is 22.9 Å². The molecule has 1 atom stereocenters. The van der Waals surface area contributed by atoms with Gasteiger partial charge in [-0.2, -0.15) is 0 Å². The maximum atomic E-state index is 14.3. The minimum absolute atomic E-state index is 0.0254. The number of nitrogens with zero attached hydrogens (tertiary/aromatic N) is 2. The smallest absolute Gasteiger partial charge is 0.182 e. The standard InChI is InChI=1S/C15H19F2N3S/c16-13-11(15(18)21)4-5-12(14(13)17)20-8-7-19-6-2-1-3-10(19)9-20/h4-5,10H,1-3,6-9H2,(H2,18,21). The Kier molecular flexibility index (Phi) is 4.08. The topological polar surface area (TPSA) is 32.5 Å². The van der Waals surface area contributed by atoms with Gasteiger partial charge in [0, 0.05) is 31.2 Å². The predicted molar refractivity (Wildman–Crippen MR) is 83.7 cm³/mol. The lowest BCUT2D eigenvalue weighted by molar-refractivity contribution is 0.133. The highest BCUT2D eigenvalue weighted by Crippen LogP contribution is 2.29. The molecule has 2 N–H and O–H groups in total. The molecule has 2 aliphatic heterocycles. The van der Waals surface area contributed by atoms with Crippen molar-refractivity contribution in [3.05, 3.63) is 29.3 Å². The van der Waals surface area contributed by atoms with Crippen molar-refractivity contribution in [2.24, 2.45) is 5.73 Å². The van der Waals surface area contributed by atoms with Gasteiger partial charge in [0.2, 0.25) is 0 Å². The minimum atomic E-state index is -0.939. The summed E-state index contributed by atoms with van der Waals surface area (Å²) in [6.07, 6.45) is 3.58. The van der Waals surface area contributed by atoms with Crippen LogP contribution < -0.4 is 10.6 Å². The molecule has 1 aromatic rings. The number of hydrogen-bond donors (Lipinski definition) is 1. The number of piperidine rings is 1. The lowest BCUT2D eigenvalue weighted by Gasteiger charge is -2.45. The number of hydrogen-bond acceptors (Lipinski definition) is 3. The fourth-order valence-corrected chi connectivity index (χ4v) is 3.51. The van der Waals surface area contributed by atoms with Crippen LogP contribution in [0.25, 0.3) is 0 Å². The molecule has 2 fully saturated rings. The summed E-state index contributed by atoms with van der Waals surface area (Å²) in [6, 6.07) is 3.51. The Morgan fingerprint density at radius 3 is 2.71 bits per heavy atom. The fourth-order valence-electron chi connectivity index (χ4n) is 3.35. The SMILES string of the molecule is NC(=S)c1ccc(N2CCN3CCCCC3C2)c(F)c1F. The Morgan fingerprint density at radius 1 is 1.14 bits per heavy atom. The van der Waals surface area contributed by atoms with E-state index in [-0.39, 0.29) is 10.6 Å². The highest BCUT2D eigenvalue weighted by atomic mass is 32.1. The van der Waals surface area contributed by atoms with Gasteiger partial charge in [-0.25, -0.2) is 8.78 Å². The Hall–Kier alpha value is -1.27. The van der Waals surface area contributed by atoms with E-state index in [4.69, 9.17) is 18.0 Å². The van der Waals surface area contributed by atoms with Gasteiger partial charge < -0.3 is 10.6 Å². The molecule has 0 aromatic heterocycles. The van der Waals surface area contributed by atoms with Crippen LogP contribution in [-0.4, -0.2) is 42.1 Å². The Morgan fingerprint density at radius 2 is 1.95 bits per heavy atom. The highest BCUT2D eigenvalue weighted by Gasteiger charge is 2.30. The number of nitrogens with two attached hydrogens (primary N) is 1. The Labute approximate surface area is 128 Å². The largest absolute Gasteiger partial charge is 0.389 e. The van der Waals surface area contributed by atoms with Crippen LogP contribution in [0.3, 0.4) is 0 Å². The van der Waals surface area contributed by atoms with E-state index in [2.05, 4.69) is 4.90 Å². The summed E-state index contributed by atoms with van der Waals surface area (Å²) in [5.41, 5.74) is 5.70. The van der Waals surface area contributed by atoms with Crippen molar-refractivity contribution in [1.29, 1.82) is 0 Å². The van der Waals surface area contributed by atoms with Gasteiger partial charge in [0.25, 0.3) is 0 Å². The zero-order valence-electron chi connectivity index (χ0n) is 11.8. The molecule has 1 aromatic carbocycles. The molecule has 114 valence electrons. The van der Waals surface area contributed by atoms with E-state index >= 15 is 0 Å². The van der Waals surface area contributed by atoms with Gasteiger partial charge in [0.1, 0.15) is 4.99 Å². The van der Waals surface area contributed by atoms with Gasteiger partial charge in [-0.3, -0.25) is 4.90 Å². The average molecular weight is 311 g/mol. The van der Waals surface area contributed by atoms with Crippen molar-refractivity contribution in [3.8, 4) is 0 Å². The molecule has 0 radical (unpaired) electrons. The number of rotatable bonds is 2. The van der Waals surface area contributed by atoms with E-state index < -0.39 is 11.6 Å². The zero-order chi connectivity index (χ0) is 15.0. The first kappa shape index (κ1) is 14.7. The summed E-state index contributed by atoms with van der Waals surface area (Å²) in [4.78, 5) is 4.28. The number of thiocarbonyl (C=S) groups is 1. The normalized spacial score (nSPS) is 23.0. The van der Waals surface area contributed by atoms with Crippen molar-refractivity contribution in [1.82, 2.24) is 4.90 Å². The number of anilines is 1. The van der Waals surface area contributed by atoms with Crippen LogP contribution in [0.1, 0.15) is 24.8 Å². The number of halogens is 2. The third kappa shape index (κ3) is 2.74. The molecule has 2 aliphatic rings. The molecule has 2 saturated heterocycles. The van der Waals surface area contributed by atoms with Crippen LogP contribution >= 0.6 is 12.2 Å². The third-order valence-corrected chi connectivity index (χ3v) is 4.73. The predicted octanol–water partition coefficient (Wildman–Crippen LogP) is 2.27. The zero-order valence-corrected chi connectivity index (χ0v) is 12.6. The van der Waals surface area contributed by atoms with Crippen molar-refractivity contribution in [2.45, 2.75) is 25.3 Å². The number of fused-ring (bicyclic) bond motifs is 1. The summed E-state index contributed by atoms with van der Waals surface area (Å²) in [6.45, 7) is 3.50. The quantitative estimate of drug-likeness (QED) is 0.849. The maximum absolute atomic E-state index is 14.3. The van der Waals surface area contributed by atoms with E-state index in [1.54, 1.807) is 6.07 Å². The summed E-state index contributed by atoms with van der Waals surface area (Å²) in [5.74, 6) is -1.78. The summed E-state index contributed by atoms with van der Waals surface area (Å²) >= 11 is 4.74. The minimum Gasteiger partial charge on any atom is -0.389 e. The first-order chi connectivity index (χ1) is 10.1. The fraction of sp³-hybridized carbons (Fsp3) is 0.533. The highest BCUT2D eigenvalue weighted by molar-refractivity contribution is 7.80. The molecule has 3 rings (SSSR count). The Bertz CT molecular complexity index is 564. The Balaban J connectivity index is 1.84. The first-order valence-corrected chi connectivity index (χ1v) is 7.75. The van der Waals surface area contributed by atoms with Gasteiger partial charge >= 0.3 is 0 Å². The van der Waals surface area contributed by atoms with Crippen molar-refractivity contribution < 1.29 is 8.78 Å². The molecule has 21 heavy (non-hydrogen) atoms. The van der Waals surface area contributed by atoms with Crippen LogP contribution in [0.4, 0.5) is 14.5 Å². The maximum Gasteiger partial charge on any atom is 0.182 e. The molecule has 3 nitrogen and oxygen atoms in total. The van der Waals surface area contributed by atoms with Crippen LogP contribution in [0.15, 0.2) is 12.1 Å². The van der Waals surface area contributed by atoms with Crippen LogP contribution in [0.2, 0.25) is 0 Å². The number of piperazine rings is 1. The molecule has 0 saturated carbocycles. The molecular weight excluding hydrogens is 292 g/mol. The van der Waals surface area contributed by atoms with E-state index in [9.17, 15) is 8.78 Å². The van der Waals surface area contributed by atoms with E-state index in [0.29, 0.717) is 11.7 Å².